The molecule has 0 saturated carbocycles. The molecule has 0 radical (unpaired) electrons. The van der Waals surface area contributed by atoms with E-state index in [-0.39, 0.29) is 11.6 Å². The van der Waals surface area contributed by atoms with Crippen molar-refractivity contribution in [1.29, 1.82) is 0 Å². The largest absolute Gasteiger partial charge is 0.369 e. The summed E-state index contributed by atoms with van der Waals surface area (Å²) in [6.45, 7) is 0. The average Bonchev–Trinajstić information content (AvgIpc) is 2.59. The zero-order valence-corrected chi connectivity index (χ0v) is 14.8. The third-order valence-electron chi connectivity index (χ3n) is 3.74. The maximum Gasteiger partial charge on any atom is 0.264 e. The van der Waals surface area contributed by atoms with Gasteiger partial charge in [-0.1, -0.05) is 71.2 Å². The van der Waals surface area contributed by atoms with Crippen molar-refractivity contribution >= 4 is 51.5 Å². The quantitative estimate of drug-likeness (QED) is 0.590. The SMILES string of the molecule is ClC(Cl)Cl.O=C1c2ccccc2[C@@H](O)n2c1nc1ccccc1c2=O. The van der Waals surface area contributed by atoms with Crippen LogP contribution < -0.4 is 5.56 Å². The summed E-state index contributed by atoms with van der Waals surface area (Å²) in [5.74, 6) is -0.372. The summed E-state index contributed by atoms with van der Waals surface area (Å²) in [5.41, 5.74) is 0.848. The van der Waals surface area contributed by atoms with Crippen LogP contribution in [0.1, 0.15) is 28.0 Å². The van der Waals surface area contributed by atoms with E-state index in [1.807, 2.05) is 0 Å². The number of carbonyl (C=O) groups excluding carboxylic acids is 1. The highest BCUT2D eigenvalue weighted by molar-refractivity contribution is 6.63. The van der Waals surface area contributed by atoms with Gasteiger partial charge < -0.3 is 5.11 Å². The fourth-order valence-corrected chi connectivity index (χ4v) is 2.72. The third-order valence-corrected chi connectivity index (χ3v) is 3.74. The maximum atomic E-state index is 12.5. The van der Waals surface area contributed by atoms with Crippen molar-refractivity contribution in [2.75, 3.05) is 0 Å². The van der Waals surface area contributed by atoms with Gasteiger partial charge in [-0.15, -0.1) is 0 Å². The van der Waals surface area contributed by atoms with Crippen LogP contribution in [0.3, 0.4) is 0 Å². The number of aliphatic hydroxyl groups is 1. The second-order valence-electron chi connectivity index (χ2n) is 5.17. The molecule has 8 heteroatoms. The molecule has 4 rings (SSSR count). The van der Waals surface area contributed by atoms with Gasteiger partial charge in [-0.3, -0.25) is 14.2 Å². The lowest BCUT2D eigenvalue weighted by Gasteiger charge is -2.24. The Labute approximate surface area is 157 Å². The van der Waals surface area contributed by atoms with Gasteiger partial charge in [-0.2, -0.15) is 0 Å². The van der Waals surface area contributed by atoms with Crippen LogP contribution in [0.2, 0.25) is 0 Å². The molecule has 0 spiro atoms. The number of benzene rings is 2. The van der Waals surface area contributed by atoms with Crippen LogP contribution in [0.15, 0.2) is 53.3 Å². The maximum absolute atomic E-state index is 12.5. The number of nitrogens with zero attached hydrogens (tertiary/aromatic N) is 2. The third kappa shape index (κ3) is 3.28. The number of halogens is 3. The number of rotatable bonds is 0. The topological polar surface area (TPSA) is 72.2 Å². The molecule has 3 aromatic rings. The number of ketones is 1. The number of para-hydroxylation sites is 1. The van der Waals surface area contributed by atoms with Gasteiger partial charge in [0, 0.05) is 11.1 Å². The van der Waals surface area contributed by atoms with Crippen LogP contribution in [0.25, 0.3) is 10.9 Å². The Balaban J connectivity index is 0.000000415. The van der Waals surface area contributed by atoms with Gasteiger partial charge in [0.15, 0.2) is 16.3 Å². The molecule has 0 amide bonds. The predicted octanol–water partition coefficient (Wildman–Crippen LogP) is 3.47. The van der Waals surface area contributed by atoms with E-state index in [4.69, 9.17) is 34.8 Å². The summed E-state index contributed by atoms with van der Waals surface area (Å²) in [7, 11) is 0. The molecule has 128 valence electrons. The minimum Gasteiger partial charge on any atom is -0.369 e. The van der Waals surface area contributed by atoms with Crippen LogP contribution in [0.4, 0.5) is 0 Å². The highest BCUT2D eigenvalue weighted by atomic mass is 35.6. The molecule has 5 nitrogen and oxygen atoms in total. The van der Waals surface area contributed by atoms with Crippen LogP contribution >= 0.6 is 34.8 Å². The van der Waals surface area contributed by atoms with Crippen LogP contribution in [0, 0.1) is 0 Å². The second kappa shape index (κ2) is 7.14. The fraction of sp³-hybridized carbons (Fsp3) is 0.118. The Morgan fingerprint density at radius 3 is 2.32 bits per heavy atom. The number of carbonyl (C=O) groups is 1. The molecule has 0 fully saturated rings. The highest BCUT2D eigenvalue weighted by Crippen LogP contribution is 2.27. The molecule has 1 aliphatic heterocycles. The van der Waals surface area contributed by atoms with Crippen molar-refractivity contribution in [3.63, 3.8) is 0 Å². The first-order valence-corrected chi connectivity index (χ1v) is 8.48. The van der Waals surface area contributed by atoms with Gasteiger partial charge in [0.25, 0.3) is 5.56 Å². The Bertz CT molecular complexity index is 1010. The zero-order chi connectivity index (χ0) is 18.1. The molecule has 1 atom stereocenters. The molecule has 0 unspecified atom stereocenters. The van der Waals surface area contributed by atoms with Gasteiger partial charge in [0.1, 0.15) is 0 Å². The number of fused-ring (bicyclic) bond motifs is 3. The van der Waals surface area contributed by atoms with E-state index < -0.39 is 16.1 Å². The van der Waals surface area contributed by atoms with Crippen molar-refractivity contribution in [2.24, 2.45) is 0 Å². The Kier molecular flexibility index (Phi) is 5.11. The molecule has 1 aromatic heterocycles. The van der Waals surface area contributed by atoms with Gasteiger partial charge in [0.2, 0.25) is 5.78 Å². The standard InChI is InChI=1S/C16H10N2O3.CHCl3/c19-13-9-5-1-2-6-10(9)15(20)18-14(13)17-12-8-4-3-7-11(12)16(18)21;2-1(3)4/h1-8,15,20H;1H/t15-;/m1./s1. The molecule has 1 N–H and O–H groups in total. The van der Waals surface area contributed by atoms with E-state index in [0.29, 0.717) is 22.0 Å². The first kappa shape index (κ1) is 17.9. The van der Waals surface area contributed by atoms with Crippen molar-refractivity contribution < 1.29 is 9.90 Å². The lowest BCUT2D eigenvalue weighted by molar-refractivity contribution is 0.0922. The molecule has 2 heterocycles. The van der Waals surface area contributed by atoms with E-state index in [2.05, 4.69) is 4.98 Å². The van der Waals surface area contributed by atoms with E-state index in [9.17, 15) is 14.7 Å². The lowest BCUT2D eigenvalue weighted by Crippen LogP contribution is -2.36. The molecular weight excluding hydrogens is 387 g/mol. The van der Waals surface area contributed by atoms with Gasteiger partial charge in [-0.25, -0.2) is 4.98 Å². The van der Waals surface area contributed by atoms with E-state index >= 15 is 0 Å². The summed E-state index contributed by atoms with van der Waals surface area (Å²) in [4.78, 5) is 29.3. The Hall–Kier alpha value is -1.92. The molecule has 0 bridgehead atoms. The van der Waals surface area contributed by atoms with Crippen molar-refractivity contribution in [3.8, 4) is 0 Å². The number of aromatic nitrogens is 2. The van der Waals surface area contributed by atoms with Crippen LogP contribution in [-0.4, -0.2) is 24.7 Å². The number of aliphatic hydroxyl groups excluding tert-OH is 1. The van der Waals surface area contributed by atoms with Crippen molar-refractivity contribution in [1.82, 2.24) is 9.55 Å². The number of hydrogen-bond donors (Lipinski definition) is 1. The average molecular weight is 398 g/mol. The van der Waals surface area contributed by atoms with Gasteiger partial charge in [0.05, 0.1) is 10.9 Å². The molecule has 0 saturated heterocycles. The number of alkyl halides is 3. The summed E-state index contributed by atoms with van der Waals surface area (Å²) < 4.78 is 0.313. The first-order chi connectivity index (χ1) is 11.9. The van der Waals surface area contributed by atoms with E-state index in [0.717, 1.165) is 4.57 Å². The second-order valence-corrected chi connectivity index (χ2v) is 7.14. The summed E-state index contributed by atoms with van der Waals surface area (Å²) in [5, 5.41) is 10.8. The lowest BCUT2D eigenvalue weighted by atomic mass is 9.97. The van der Waals surface area contributed by atoms with Gasteiger partial charge >= 0.3 is 0 Å². The van der Waals surface area contributed by atoms with Crippen molar-refractivity contribution in [3.05, 3.63) is 75.8 Å². The molecular formula is C17H11Cl3N2O3. The minimum atomic E-state index is -1.20. The Morgan fingerprint density at radius 1 is 1.00 bits per heavy atom. The fourth-order valence-electron chi connectivity index (χ4n) is 2.72. The Morgan fingerprint density at radius 2 is 1.60 bits per heavy atom. The summed E-state index contributed by atoms with van der Waals surface area (Å²) in [6.07, 6.45) is -1.20. The summed E-state index contributed by atoms with van der Waals surface area (Å²) >= 11 is 14.4. The molecule has 25 heavy (non-hydrogen) atoms. The zero-order valence-electron chi connectivity index (χ0n) is 12.6. The van der Waals surface area contributed by atoms with Crippen LogP contribution in [-0.2, 0) is 0 Å². The first-order valence-electron chi connectivity index (χ1n) is 7.17. The van der Waals surface area contributed by atoms with Crippen LogP contribution in [0.5, 0.6) is 0 Å². The smallest absolute Gasteiger partial charge is 0.264 e. The molecule has 0 aliphatic carbocycles. The molecule has 1 aliphatic rings. The highest BCUT2D eigenvalue weighted by Gasteiger charge is 2.32. The number of hydrogen-bond acceptors (Lipinski definition) is 4. The van der Waals surface area contributed by atoms with Crippen molar-refractivity contribution in [2.45, 2.75) is 10.5 Å². The molecule has 2 aromatic carbocycles. The normalized spacial score (nSPS) is 15.4. The minimum absolute atomic E-state index is 0.0232. The summed E-state index contributed by atoms with van der Waals surface area (Å²) in [6, 6.07) is 13.5. The van der Waals surface area contributed by atoms with E-state index in [1.165, 1.54) is 0 Å². The predicted molar refractivity (Wildman–Crippen MR) is 97.6 cm³/mol. The van der Waals surface area contributed by atoms with Gasteiger partial charge in [-0.05, 0) is 12.1 Å². The van der Waals surface area contributed by atoms with E-state index in [1.54, 1.807) is 48.5 Å². The monoisotopic (exact) mass is 396 g/mol.